The van der Waals surface area contributed by atoms with Crippen molar-refractivity contribution in [3.05, 3.63) is 70.3 Å². The number of nitrogens with two attached hydrogens (primary N) is 1. The second-order valence-electron chi connectivity index (χ2n) is 10.5. The van der Waals surface area contributed by atoms with Crippen LogP contribution in [-0.4, -0.2) is 54.5 Å². The van der Waals surface area contributed by atoms with Gasteiger partial charge in [-0.25, -0.2) is 8.42 Å². The summed E-state index contributed by atoms with van der Waals surface area (Å²) in [5, 5.41) is 13.7. The minimum Gasteiger partial charge on any atom is -0.345 e. The third-order valence-corrected chi connectivity index (χ3v) is 7.62. The number of carbonyl (C=O) groups excluding carboxylic acids is 2. The molecule has 0 heterocycles. The maximum atomic E-state index is 13.5. The summed E-state index contributed by atoms with van der Waals surface area (Å²) in [6.45, 7) is 8.62. The third-order valence-electron chi connectivity index (χ3n) is 5.79. The fraction of sp³-hybridized carbons (Fsp3) is 0.462. The zero-order chi connectivity index (χ0) is 28.0. The molecule has 0 aliphatic carbocycles. The molecule has 0 saturated carbocycles. The van der Waals surface area contributed by atoms with Gasteiger partial charge in [0.05, 0.1) is 28.4 Å². The van der Waals surface area contributed by atoms with E-state index < -0.39 is 50.7 Å². The van der Waals surface area contributed by atoms with Crippen LogP contribution >= 0.6 is 0 Å². The molecule has 2 rings (SSSR count). The quantitative estimate of drug-likeness (QED) is 0.315. The van der Waals surface area contributed by atoms with Crippen LogP contribution < -0.4 is 11.1 Å². The number of carbonyl (C=O) groups is 2. The second-order valence-corrected chi connectivity index (χ2v) is 12.4. The van der Waals surface area contributed by atoms with Crippen LogP contribution in [0.15, 0.2) is 59.5 Å². The molecule has 0 aliphatic rings. The van der Waals surface area contributed by atoms with Crippen molar-refractivity contribution in [3.63, 3.8) is 0 Å². The molecule has 0 bridgehead atoms. The Morgan fingerprint density at radius 3 is 2.11 bits per heavy atom. The Balaban J connectivity index is 2.37. The van der Waals surface area contributed by atoms with Crippen molar-refractivity contribution >= 4 is 27.4 Å². The van der Waals surface area contributed by atoms with Crippen LogP contribution in [0.25, 0.3) is 0 Å². The van der Waals surface area contributed by atoms with Crippen LogP contribution in [0.2, 0.25) is 0 Å². The molecule has 2 aromatic rings. The summed E-state index contributed by atoms with van der Waals surface area (Å²) >= 11 is 0. The Morgan fingerprint density at radius 2 is 1.62 bits per heavy atom. The number of hydrogen-bond acceptors (Lipinski definition) is 7. The molecule has 11 heteroatoms. The summed E-state index contributed by atoms with van der Waals surface area (Å²) in [6.07, 6.45) is 0.162. The molecule has 0 aliphatic heterocycles. The van der Waals surface area contributed by atoms with Gasteiger partial charge in [0.2, 0.25) is 15.9 Å². The molecule has 0 fully saturated rings. The molecule has 2 atom stereocenters. The number of non-ortho nitro benzene ring substituents is 1. The van der Waals surface area contributed by atoms with Gasteiger partial charge in [-0.15, -0.1) is 0 Å². The molecule has 202 valence electrons. The lowest BCUT2D eigenvalue weighted by molar-refractivity contribution is -0.384. The number of amides is 1. The number of nitro groups is 1. The highest BCUT2D eigenvalue weighted by Crippen LogP contribution is 2.22. The molecule has 3 N–H and O–H groups in total. The van der Waals surface area contributed by atoms with E-state index in [1.54, 1.807) is 0 Å². The first-order valence-corrected chi connectivity index (χ1v) is 13.4. The molecule has 0 aromatic heterocycles. The van der Waals surface area contributed by atoms with E-state index in [1.165, 1.54) is 0 Å². The van der Waals surface area contributed by atoms with E-state index in [0.29, 0.717) is 0 Å². The highest BCUT2D eigenvalue weighted by Gasteiger charge is 2.34. The van der Waals surface area contributed by atoms with Crippen molar-refractivity contribution in [1.29, 1.82) is 0 Å². The number of nitro benzene ring substituents is 1. The Kier molecular flexibility index (Phi) is 10.1. The number of hydrogen-bond donors (Lipinski definition) is 2. The molecule has 10 nitrogen and oxygen atoms in total. The summed E-state index contributed by atoms with van der Waals surface area (Å²) in [7, 11) is -4.16. The van der Waals surface area contributed by atoms with Crippen LogP contribution in [0, 0.1) is 21.4 Å². The highest BCUT2D eigenvalue weighted by atomic mass is 32.2. The van der Waals surface area contributed by atoms with Crippen molar-refractivity contribution < 1.29 is 22.9 Å². The first-order chi connectivity index (χ1) is 17.1. The number of ketones is 1. The Hall–Kier alpha value is -3.15. The first-order valence-electron chi connectivity index (χ1n) is 12.0. The predicted molar refractivity (Wildman–Crippen MR) is 141 cm³/mol. The summed E-state index contributed by atoms with van der Waals surface area (Å²) in [5.74, 6) is -1.11. The van der Waals surface area contributed by atoms with Crippen LogP contribution in [0.3, 0.4) is 0 Å². The highest BCUT2D eigenvalue weighted by molar-refractivity contribution is 7.89. The fourth-order valence-corrected chi connectivity index (χ4v) is 5.15. The largest absolute Gasteiger partial charge is 0.345 e. The SMILES string of the molecule is CC(C)CN(CC(=O)[C@H](Cc1ccccc1)NC(=O)[C@@H](N)C(C)(C)C)S(=O)(=O)c1ccc([N+](=O)[O-])cc1. The van der Waals surface area contributed by atoms with Crippen LogP contribution in [-0.2, 0) is 26.0 Å². The zero-order valence-electron chi connectivity index (χ0n) is 21.9. The zero-order valence-corrected chi connectivity index (χ0v) is 22.7. The molecule has 0 radical (unpaired) electrons. The van der Waals surface area contributed by atoms with Crippen LogP contribution in [0.4, 0.5) is 5.69 Å². The first kappa shape index (κ1) is 30.1. The number of sulfonamides is 1. The van der Waals surface area contributed by atoms with Gasteiger partial charge in [-0.1, -0.05) is 65.0 Å². The lowest BCUT2D eigenvalue weighted by Gasteiger charge is -2.29. The molecular formula is C26H36N4O6S. The van der Waals surface area contributed by atoms with Crippen molar-refractivity contribution in [1.82, 2.24) is 9.62 Å². The van der Waals surface area contributed by atoms with Crippen molar-refractivity contribution in [3.8, 4) is 0 Å². The average molecular weight is 533 g/mol. The van der Waals surface area contributed by atoms with Crippen molar-refractivity contribution in [2.45, 2.75) is 58.0 Å². The Bertz CT molecular complexity index is 1190. The van der Waals surface area contributed by atoms with Gasteiger partial charge < -0.3 is 11.1 Å². The van der Waals surface area contributed by atoms with Crippen LogP contribution in [0.1, 0.15) is 40.2 Å². The summed E-state index contributed by atoms with van der Waals surface area (Å²) < 4.78 is 27.9. The van der Waals surface area contributed by atoms with E-state index >= 15 is 0 Å². The molecule has 1 amide bonds. The van der Waals surface area contributed by atoms with Gasteiger partial charge in [-0.3, -0.25) is 19.7 Å². The van der Waals surface area contributed by atoms with Crippen LogP contribution in [0.5, 0.6) is 0 Å². The molecule has 37 heavy (non-hydrogen) atoms. The van der Waals surface area contributed by atoms with Gasteiger partial charge in [0.15, 0.2) is 5.78 Å². The molecule has 0 spiro atoms. The van der Waals surface area contributed by atoms with E-state index in [-0.39, 0.29) is 29.5 Å². The number of nitrogens with zero attached hydrogens (tertiary/aromatic N) is 2. The Labute approximate surface area is 218 Å². The number of rotatable bonds is 12. The number of benzene rings is 2. The topological polar surface area (TPSA) is 153 Å². The van der Waals surface area contributed by atoms with Gasteiger partial charge in [0.25, 0.3) is 5.69 Å². The maximum Gasteiger partial charge on any atom is 0.269 e. The van der Waals surface area contributed by atoms with Gasteiger partial charge in [0, 0.05) is 18.7 Å². The lowest BCUT2D eigenvalue weighted by atomic mass is 9.86. The Morgan fingerprint density at radius 1 is 1.05 bits per heavy atom. The molecular weight excluding hydrogens is 496 g/mol. The monoisotopic (exact) mass is 532 g/mol. The van der Waals surface area contributed by atoms with E-state index in [1.807, 2.05) is 65.0 Å². The van der Waals surface area contributed by atoms with Gasteiger partial charge in [-0.05, 0) is 35.4 Å². The van der Waals surface area contributed by atoms with E-state index in [4.69, 9.17) is 5.73 Å². The fourth-order valence-electron chi connectivity index (χ4n) is 3.58. The number of nitrogens with one attached hydrogen (secondary N) is 1. The van der Waals surface area contributed by atoms with Gasteiger partial charge >= 0.3 is 0 Å². The minimum atomic E-state index is -4.16. The summed E-state index contributed by atoms with van der Waals surface area (Å²) in [6, 6.07) is 11.7. The molecule has 2 aromatic carbocycles. The summed E-state index contributed by atoms with van der Waals surface area (Å²) in [5.41, 5.74) is 6.10. The van der Waals surface area contributed by atoms with E-state index in [0.717, 1.165) is 34.1 Å². The number of Topliss-reactive ketones (excluding diaryl/α,β-unsaturated/α-hetero) is 1. The lowest BCUT2D eigenvalue weighted by Crippen LogP contribution is -2.55. The average Bonchev–Trinajstić information content (AvgIpc) is 2.82. The van der Waals surface area contributed by atoms with E-state index in [2.05, 4.69) is 5.32 Å². The maximum absolute atomic E-state index is 13.5. The second kappa shape index (κ2) is 12.4. The summed E-state index contributed by atoms with van der Waals surface area (Å²) in [4.78, 5) is 36.6. The molecule has 0 saturated heterocycles. The van der Waals surface area contributed by atoms with Gasteiger partial charge in [0.1, 0.15) is 0 Å². The standard InChI is InChI=1S/C26H36N4O6S/c1-18(2)16-29(37(35,36)21-13-11-20(12-14-21)30(33)34)17-23(31)22(15-19-9-7-6-8-10-19)28-25(32)24(27)26(3,4)5/h6-14,18,22,24H,15-17,27H2,1-5H3,(H,28,32)/t22-,24+/m0/s1. The smallest absolute Gasteiger partial charge is 0.269 e. The third kappa shape index (κ3) is 8.44. The minimum absolute atomic E-state index is 0.0402. The van der Waals surface area contributed by atoms with Crippen molar-refractivity contribution in [2.24, 2.45) is 17.1 Å². The molecule has 0 unspecified atom stereocenters. The van der Waals surface area contributed by atoms with E-state index in [9.17, 15) is 28.1 Å². The van der Waals surface area contributed by atoms with Gasteiger partial charge in [-0.2, -0.15) is 4.31 Å². The predicted octanol–water partition coefficient (Wildman–Crippen LogP) is 2.91. The normalized spacial score (nSPS) is 13.8. The van der Waals surface area contributed by atoms with Crippen molar-refractivity contribution in [2.75, 3.05) is 13.1 Å².